The van der Waals surface area contributed by atoms with Crippen LogP contribution in [0.25, 0.3) is 0 Å². The third-order valence-corrected chi connectivity index (χ3v) is 4.71. The third kappa shape index (κ3) is 4.55. The second kappa shape index (κ2) is 8.30. The van der Waals surface area contributed by atoms with Gasteiger partial charge in [0.05, 0.1) is 6.54 Å². The molecule has 1 saturated heterocycles. The standard InChI is InChI=1S/C18H28N2O2/c1-3-15-7-5-6-8-16(15)13-19-11-9-17(10-12-19)20(4-2)14-18(21)22/h5-8,17H,3-4,9-14H2,1-2H3,(H,21,22). The van der Waals surface area contributed by atoms with E-state index in [1.165, 1.54) is 11.1 Å². The van der Waals surface area contributed by atoms with Crippen LogP contribution in [0.3, 0.4) is 0 Å². The average Bonchev–Trinajstić information content (AvgIpc) is 2.54. The number of aryl methyl sites for hydroxylation is 1. The molecule has 1 aliphatic heterocycles. The predicted molar refractivity (Wildman–Crippen MR) is 89.0 cm³/mol. The topological polar surface area (TPSA) is 43.8 Å². The van der Waals surface area contributed by atoms with Gasteiger partial charge in [-0.2, -0.15) is 0 Å². The summed E-state index contributed by atoms with van der Waals surface area (Å²) >= 11 is 0. The molecule has 22 heavy (non-hydrogen) atoms. The predicted octanol–water partition coefficient (Wildman–Crippen LogP) is 2.62. The van der Waals surface area contributed by atoms with Crippen LogP contribution in [-0.2, 0) is 17.8 Å². The fourth-order valence-corrected chi connectivity index (χ4v) is 3.41. The molecular formula is C18H28N2O2. The highest BCUT2D eigenvalue weighted by Gasteiger charge is 2.25. The molecule has 1 N–H and O–H groups in total. The van der Waals surface area contributed by atoms with Crippen molar-refractivity contribution >= 4 is 5.97 Å². The van der Waals surface area contributed by atoms with Crippen molar-refractivity contribution < 1.29 is 9.90 Å². The Hall–Kier alpha value is -1.39. The Labute approximate surface area is 133 Å². The molecule has 0 bridgehead atoms. The van der Waals surface area contributed by atoms with E-state index in [0.29, 0.717) is 6.04 Å². The SMILES string of the molecule is CCc1ccccc1CN1CCC(N(CC)CC(=O)O)CC1. The summed E-state index contributed by atoms with van der Waals surface area (Å²) in [5.74, 6) is -0.721. The smallest absolute Gasteiger partial charge is 0.317 e. The van der Waals surface area contributed by atoms with Gasteiger partial charge in [0.2, 0.25) is 0 Å². The van der Waals surface area contributed by atoms with Crippen molar-refractivity contribution in [3.05, 3.63) is 35.4 Å². The number of carboxylic acid groups (broad SMARTS) is 1. The Morgan fingerprint density at radius 2 is 1.86 bits per heavy atom. The number of carboxylic acids is 1. The van der Waals surface area contributed by atoms with Crippen molar-refractivity contribution in [3.63, 3.8) is 0 Å². The molecule has 122 valence electrons. The fraction of sp³-hybridized carbons (Fsp3) is 0.611. The van der Waals surface area contributed by atoms with Crippen LogP contribution in [0.1, 0.15) is 37.8 Å². The highest BCUT2D eigenvalue weighted by Crippen LogP contribution is 2.20. The van der Waals surface area contributed by atoms with Crippen molar-refractivity contribution in [2.24, 2.45) is 0 Å². The molecule has 0 radical (unpaired) electrons. The first kappa shape index (κ1) is 17.0. The Morgan fingerprint density at radius 1 is 1.23 bits per heavy atom. The van der Waals surface area contributed by atoms with Gasteiger partial charge in [0.15, 0.2) is 0 Å². The number of nitrogens with zero attached hydrogens (tertiary/aromatic N) is 2. The zero-order valence-electron chi connectivity index (χ0n) is 13.8. The van der Waals surface area contributed by atoms with Crippen LogP contribution >= 0.6 is 0 Å². The van der Waals surface area contributed by atoms with E-state index >= 15 is 0 Å². The van der Waals surface area contributed by atoms with Crippen molar-refractivity contribution in [3.8, 4) is 0 Å². The number of piperidine rings is 1. The number of aliphatic carboxylic acids is 1. The van der Waals surface area contributed by atoms with Gasteiger partial charge < -0.3 is 5.11 Å². The maximum atomic E-state index is 10.9. The summed E-state index contributed by atoms with van der Waals surface area (Å²) in [6, 6.07) is 9.09. The number of hydrogen-bond donors (Lipinski definition) is 1. The fourth-order valence-electron chi connectivity index (χ4n) is 3.41. The lowest BCUT2D eigenvalue weighted by molar-refractivity contribution is -0.139. The third-order valence-electron chi connectivity index (χ3n) is 4.71. The maximum absolute atomic E-state index is 10.9. The monoisotopic (exact) mass is 304 g/mol. The van der Waals surface area contributed by atoms with E-state index < -0.39 is 5.97 Å². The van der Waals surface area contributed by atoms with Gasteiger partial charge in [-0.25, -0.2) is 0 Å². The van der Waals surface area contributed by atoms with Crippen LogP contribution in [0.2, 0.25) is 0 Å². The zero-order valence-corrected chi connectivity index (χ0v) is 13.8. The summed E-state index contributed by atoms with van der Waals surface area (Å²) in [5.41, 5.74) is 2.87. The largest absolute Gasteiger partial charge is 0.480 e. The molecule has 0 amide bonds. The van der Waals surface area contributed by atoms with Crippen molar-refractivity contribution in [1.29, 1.82) is 0 Å². The number of rotatable bonds is 7. The molecule has 0 unspecified atom stereocenters. The average molecular weight is 304 g/mol. The van der Waals surface area contributed by atoms with E-state index in [4.69, 9.17) is 5.11 Å². The lowest BCUT2D eigenvalue weighted by Crippen LogP contribution is -2.46. The van der Waals surface area contributed by atoms with Gasteiger partial charge in [-0.3, -0.25) is 14.6 Å². The number of benzene rings is 1. The molecule has 1 heterocycles. The number of hydrogen-bond acceptors (Lipinski definition) is 3. The number of likely N-dealkylation sites (tertiary alicyclic amines) is 1. The summed E-state index contributed by atoms with van der Waals surface area (Å²) in [5, 5.41) is 9.00. The molecule has 0 spiro atoms. The molecule has 0 aromatic heterocycles. The normalized spacial score (nSPS) is 17.0. The number of carbonyl (C=O) groups is 1. The van der Waals surface area contributed by atoms with Crippen LogP contribution < -0.4 is 0 Å². The molecule has 4 nitrogen and oxygen atoms in total. The molecule has 0 aliphatic carbocycles. The minimum atomic E-state index is -0.721. The quantitative estimate of drug-likeness (QED) is 0.841. The van der Waals surface area contributed by atoms with Crippen molar-refractivity contribution in [2.75, 3.05) is 26.2 Å². The lowest BCUT2D eigenvalue weighted by Gasteiger charge is -2.37. The summed E-state index contributed by atoms with van der Waals surface area (Å²) in [4.78, 5) is 15.5. The van der Waals surface area contributed by atoms with Crippen LogP contribution in [-0.4, -0.2) is 53.1 Å². The van der Waals surface area contributed by atoms with E-state index in [1.807, 2.05) is 6.92 Å². The Kier molecular flexibility index (Phi) is 6.40. The maximum Gasteiger partial charge on any atom is 0.317 e. The Morgan fingerprint density at radius 3 is 2.41 bits per heavy atom. The van der Waals surface area contributed by atoms with E-state index in [9.17, 15) is 4.79 Å². The van der Waals surface area contributed by atoms with Gasteiger partial charge in [0.1, 0.15) is 0 Å². The molecule has 2 rings (SSSR count). The van der Waals surface area contributed by atoms with Crippen molar-refractivity contribution in [2.45, 2.75) is 45.7 Å². The molecule has 0 saturated carbocycles. The molecule has 1 aromatic rings. The highest BCUT2D eigenvalue weighted by molar-refractivity contribution is 5.69. The van der Waals surface area contributed by atoms with Gasteiger partial charge in [-0.05, 0) is 50.0 Å². The molecule has 1 aromatic carbocycles. The van der Waals surface area contributed by atoms with Crippen LogP contribution in [0.15, 0.2) is 24.3 Å². The van der Waals surface area contributed by atoms with Gasteiger partial charge in [-0.15, -0.1) is 0 Å². The summed E-state index contributed by atoms with van der Waals surface area (Å²) < 4.78 is 0. The summed E-state index contributed by atoms with van der Waals surface area (Å²) in [6.45, 7) is 8.36. The first-order valence-electron chi connectivity index (χ1n) is 8.39. The minimum absolute atomic E-state index is 0.167. The van der Waals surface area contributed by atoms with Gasteiger partial charge in [0, 0.05) is 12.6 Å². The molecule has 1 aliphatic rings. The Bertz CT molecular complexity index is 482. The summed E-state index contributed by atoms with van der Waals surface area (Å²) in [7, 11) is 0. The second-order valence-corrected chi connectivity index (χ2v) is 6.09. The van der Waals surface area contributed by atoms with Crippen LogP contribution in [0.4, 0.5) is 0 Å². The Balaban J connectivity index is 1.88. The molecular weight excluding hydrogens is 276 g/mol. The van der Waals surface area contributed by atoms with E-state index in [-0.39, 0.29) is 6.54 Å². The van der Waals surface area contributed by atoms with E-state index in [1.54, 1.807) is 0 Å². The first-order valence-corrected chi connectivity index (χ1v) is 8.39. The zero-order chi connectivity index (χ0) is 15.9. The van der Waals surface area contributed by atoms with E-state index in [2.05, 4.69) is 41.0 Å². The minimum Gasteiger partial charge on any atom is -0.480 e. The van der Waals surface area contributed by atoms with Crippen LogP contribution in [0, 0.1) is 0 Å². The highest BCUT2D eigenvalue weighted by atomic mass is 16.4. The van der Waals surface area contributed by atoms with Crippen LogP contribution in [0.5, 0.6) is 0 Å². The second-order valence-electron chi connectivity index (χ2n) is 6.09. The lowest BCUT2D eigenvalue weighted by atomic mass is 10.0. The molecule has 0 atom stereocenters. The molecule has 1 fully saturated rings. The molecule has 4 heteroatoms. The van der Waals surface area contributed by atoms with E-state index in [0.717, 1.165) is 45.4 Å². The van der Waals surface area contributed by atoms with Gasteiger partial charge in [0.25, 0.3) is 0 Å². The summed E-state index contributed by atoms with van der Waals surface area (Å²) in [6.07, 6.45) is 3.21. The first-order chi connectivity index (χ1) is 10.6. The van der Waals surface area contributed by atoms with Gasteiger partial charge in [-0.1, -0.05) is 38.1 Å². The van der Waals surface area contributed by atoms with Crippen molar-refractivity contribution in [1.82, 2.24) is 9.80 Å². The number of likely N-dealkylation sites (N-methyl/N-ethyl adjacent to an activating group) is 1. The van der Waals surface area contributed by atoms with Gasteiger partial charge >= 0.3 is 5.97 Å².